The number of hydrogen-bond donors (Lipinski definition) is 2. The van der Waals surface area contributed by atoms with Gasteiger partial charge in [-0.05, 0) is 25.3 Å². The fourth-order valence-electron chi connectivity index (χ4n) is 4.82. The minimum Gasteiger partial charge on any atom is -0.488 e. The molecule has 2 aromatic heterocycles. The van der Waals surface area contributed by atoms with Crippen LogP contribution >= 0.6 is 0 Å². The molecule has 4 heterocycles. The highest BCUT2D eigenvalue weighted by Crippen LogP contribution is 2.32. The maximum Gasteiger partial charge on any atom is 0.275 e. The van der Waals surface area contributed by atoms with Crippen LogP contribution < -0.4 is 20.3 Å². The molecule has 1 aliphatic carbocycles. The summed E-state index contributed by atoms with van der Waals surface area (Å²) in [7, 11) is 1.87. The molecule has 184 valence electrons. The summed E-state index contributed by atoms with van der Waals surface area (Å²) >= 11 is 0. The molecule has 6 rings (SSSR count). The number of carbonyl (C=O) groups is 1. The van der Waals surface area contributed by atoms with Crippen LogP contribution in [0.15, 0.2) is 30.7 Å². The second-order valence-electron chi connectivity index (χ2n) is 9.73. The second-order valence-corrected chi connectivity index (χ2v) is 9.73. The largest absolute Gasteiger partial charge is 0.488 e. The lowest BCUT2D eigenvalue weighted by atomic mass is 10.1. The van der Waals surface area contributed by atoms with Gasteiger partial charge in [0, 0.05) is 62.7 Å². The van der Waals surface area contributed by atoms with Crippen molar-refractivity contribution >= 4 is 28.3 Å². The molecule has 0 radical (unpaired) electrons. The van der Waals surface area contributed by atoms with Crippen LogP contribution in [0.5, 0.6) is 5.75 Å². The summed E-state index contributed by atoms with van der Waals surface area (Å²) in [6, 6.07) is 4.98. The summed E-state index contributed by atoms with van der Waals surface area (Å²) in [4.78, 5) is 24.3. The monoisotopic (exact) mass is 477 g/mol. The summed E-state index contributed by atoms with van der Waals surface area (Å²) in [5.41, 5.74) is 1.68. The van der Waals surface area contributed by atoms with Gasteiger partial charge in [-0.25, -0.2) is 9.97 Å². The Morgan fingerprint density at radius 2 is 1.94 bits per heavy atom. The minimum absolute atomic E-state index is 0.0401. The number of fused-ring (bicyclic) bond motifs is 1. The van der Waals surface area contributed by atoms with Crippen LogP contribution in [-0.4, -0.2) is 70.1 Å². The Balaban J connectivity index is 1.17. The van der Waals surface area contributed by atoms with E-state index in [0.717, 1.165) is 49.1 Å². The van der Waals surface area contributed by atoms with Gasteiger partial charge in [-0.3, -0.25) is 9.48 Å². The number of anilines is 2. The van der Waals surface area contributed by atoms with Crippen molar-refractivity contribution in [2.75, 3.05) is 36.5 Å². The number of rotatable bonds is 7. The average molecular weight is 478 g/mol. The van der Waals surface area contributed by atoms with E-state index in [9.17, 15) is 4.79 Å². The third-order valence-electron chi connectivity index (χ3n) is 6.86. The van der Waals surface area contributed by atoms with Gasteiger partial charge in [0.05, 0.1) is 36.8 Å². The average Bonchev–Trinajstić information content (AvgIpc) is 3.43. The van der Waals surface area contributed by atoms with Crippen molar-refractivity contribution in [2.45, 2.75) is 50.3 Å². The lowest BCUT2D eigenvalue weighted by Crippen LogP contribution is -2.34. The van der Waals surface area contributed by atoms with Crippen LogP contribution in [0.1, 0.15) is 42.6 Å². The highest BCUT2D eigenvalue weighted by atomic mass is 16.5. The van der Waals surface area contributed by atoms with Crippen LogP contribution in [-0.2, 0) is 11.8 Å². The maximum atomic E-state index is 13.1. The van der Waals surface area contributed by atoms with Crippen molar-refractivity contribution in [1.29, 1.82) is 0 Å². The Morgan fingerprint density at radius 3 is 2.71 bits per heavy atom. The van der Waals surface area contributed by atoms with Crippen LogP contribution in [0, 0.1) is 0 Å². The van der Waals surface area contributed by atoms with E-state index >= 15 is 0 Å². The molecule has 35 heavy (non-hydrogen) atoms. The third-order valence-corrected chi connectivity index (χ3v) is 6.86. The van der Waals surface area contributed by atoms with E-state index in [4.69, 9.17) is 9.47 Å². The van der Waals surface area contributed by atoms with Crippen LogP contribution in [0.2, 0.25) is 0 Å². The lowest BCUT2D eigenvalue weighted by Gasteiger charge is -2.24. The minimum atomic E-state index is -0.321. The molecule has 2 aliphatic heterocycles. The predicted octanol–water partition coefficient (Wildman–Crippen LogP) is 2.50. The van der Waals surface area contributed by atoms with E-state index in [-0.39, 0.29) is 17.7 Å². The second kappa shape index (κ2) is 9.43. The molecule has 0 spiro atoms. The molecule has 0 unspecified atom stereocenters. The Bertz CT molecular complexity index is 1200. The Kier molecular flexibility index (Phi) is 5.99. The summed E-state index contributed by atoms with van der Waals surface area (Å²) in [5.74, 6) is 1.09. The molecular weight excluding hydrogens is 446 g/mol. The fourth-order valence-corrected chi connectivity index (χ4v) is 4.82. The van der Waals surface area contributed by atoms with Crippen molar-refractivity contribution < 1.29 is 14.3 Å². The number of nitrogens with zero attached hydrogens (tertiary/aromatic N) is 5. The molecule has 1 aromatic carbocycles. The molecule has 1 amide bonds. The summed E-state index contributed by atoms with van der Waals surface area (Å²) in [5, 5.41) is 12.1. The molecule has 3 fully saturated rings. The standard InChI is InChI=1S/C25H31N7O3/c1-31-14-16-10-21(23(11-20(16)30-31)35-19-5-8-34-9-6-19)29-25(33)22-12-27-24(13-26-22)32-7-4-18(15-32)28-17-2-3-17/h10-14,17-19,28H,2-9,15H2,1H3,(H,29,33)/t18-/m1/s1. The zero-order valence-electron chi connectivity index (χ0n) is 19.9. The first kappa shape index (κ1) is 22.2. The number of hydrogen-bond acceptors (Lipinski definition) is 8. The van der Waals surface area contributed by atoms with E-state index < -0.39 is 0 Å². The molecule has 2 N–H and O–H groups in total. The summed E-state index contributed by atoms with van der Waals surface area (Å²) in [6.45, 7) is 3.22. The van der Waals surface area contributed by atoms with E-state index in [2.05, 4.69) is 30.6 Å². The Morgan fingerprint density at radius 1 is 1.09 bits per heavy atom. The van der Waals surface area contributed by atoms with Gasteiger partial charge in [-0.2, -0.15) is 5.10 Å². The van der Waals surface area contributed by atoms with Crippen LogP contribution in [0.25, 0.3) is 10.9 Å². The van der Waals surface area contributed by atoms with Crippen LogP contribution in [0.4, 0.5) is 11.5 Å². The first-order valence-electron chi connectivity index (χ1n) is 12.5. The Hall–Kier alpha value is -3.24. The van der Waals surface area contributed by atoms with Gasteiger partial charge >= 0.3 is 0 Å². The van der Waals surface area contributed by atoms with Crippen molar-refractivity contribution in [1.82, 2.24) is 25.1 Å². The quantitative estimate of drug-likeness (QED) is 0.535. The maximum absolute atomic E-state index is 13.1. The van der Waals surface area contributed by atoms with Crippen molar-refractivity contribution in [2.24, 2.45) is 7.05 Å². The van der Waals surface area contributed by atoms with Gasteiger partial charge in [0.2, 0.25) is 0 Å². The number of benzene rings is 1. The predicted molar refractivity (Wildman–Crippen MR) is 132 cm³/mol. The zero-order valence-corrected chi connectivity index (χ0v) is 19.9. The van der Waals surface area contributed by atoms with Gasteiger partial charge in [0.25, 0.3) is 5.91 Å². The molecule has 3 aliphatic rings. The first-order valence-corrected chi connectivity index (χ1v) is 12.5. The van der Waals surface area contributed by atoms with Gasteiger partial charge in [-0.15, -0.1) is 0 Å². The van der Waals surface area contributed by atoms with Gasteiger partial charge in [0.15, 0.2) is 0 Å². The SMILES string of the molecule is Cn1cc2cc(NC(=O)c3cnc(N4CC[C@@H](NC5CC5)C4)cn3)c(OC3CCOCC3)cc2n1. The molecular formula is C25H31N7O3. The number of amides is 1. The van der Waals surface area contributed by atoms with E-state index in [0.29, 0.717) is 36.7 Å². The number of nitrogens with one attached hydrogen (secondary N) is 2. The van der Waals surface area contributed by atoms with Gasteiger partial charge in [0.1, 0.15) is 23.4 Å². The summed E-state index contributed by atoms with van der Waals surface area (Å²) < 4.78 is 13.5. The van der Waals surface area contributed by atoms with E-state index in [1.54, 1.807) is 17.1 Å². The van der Waals surface area contributed by atoms with Crippen molar-refractivity contribution in [3.8, 4) is 5.75 Å². The summed E-state index contributed by atoms with van der Waals surface area (Å²) in [6.07, 6.45) is 10.5. The molecule has 0 bridgehead atoms. The number of carbonyl (C=O) groups excluding carboxylic acids is 1. The molecule has 3 aromatic rings. The molecule has 10 heteroatoms. The number of ether oxygens (including phenoxy) is 2. The molecule has 1 atom stereocenters. The zero-order chi connectivity index (χ0) is 23.8. The lowest BCUT2D eigenvalue weighted by molar-refractivity contribution is 0.0258. The smallest absolute Gasteiger partial charge is 0.275 e. The molecule has 10 nitrogen and oxygen atoms in total. The van der Waals surface area contributed by atoms with Gasteiger partial charge < -0.3 is 25.0 Å². The highest BCUT2D eigenvalue weighted by Gasteiger charge is 2.30. The third kappa shape index (κ3) is 5.08. The first-order chi connectivity index (χ1) is 17.1. The molecule has 1 saturated carbocycles. The topological polar surface area (TPSA) is 106 Å². The highest BCUT2D eigenvalue weighted by molar-refractivity contribution is 6.04. The Labute approximate surface area is 204 Å². The van der Waals surface area contributed by atoms with Crippen LogP contribution in [0.3, 0.4) is 0 Å². The normalized spacial score (nSPS) is 20.9. The van der Waals surface area contributed by atoms with Gasteiger partial charge in [-0.1, -0.05) is 0 Å². The fraction of sp³-hybridized carbons (Fsp3) is 0.520. The van der Waals surface area contributed by atoms with E-state index in [1.807, 2.05) is 25.4 Å². The number of aromatic nitrogens is 4. The van der Waals surface area contributed by atoms with Crippen molar-refractivity contribution in [3.63, 3.8) is 0 Å². The molecule has 2 saturated heterocycles. The van der Waals surface area contributed by atoms with E-state index in [1.165, 1.54) is 12.8 Å². The van der Waals surface area contributed by atoms with Crippen molar-refractivity contribution in [3.05, 3.63) is 36.4 Å². The number of aryl methyl sites for hydroxylation is 1.